The second-order valence-corrected chi connectivity index (χ2v) is 6.21. The number of carbonyl (C=O) groups is 1. The number of amides is 1. The molecule has 3 aliphatic heterocycles. The van der Waals surface area contributed by atoms with Crippen LogP contribution in [0.3, 0.4) is 0 Å². The first kappa shape index (κ1) is 15.8. The van der Waals surface area contributed by atoms with Gasteiger partial charge in [0.25, 0.3) is 5.91 Å². The zero-order valence-electron chi connectivity index (χ0n) is 12.5. The predicted octanol–water partition coefficient (Wildman–Crippen LogP) is -0.357. The first-order chi connectivity index (χ1) is 10.9. The zero-order chi connectivity index (χ0) is 16.6. The number of nitrogen functional groups attached to an aromatic ring is 2. The van der Waals surface area contributed by atoms with Crippen molar-refractivity contribution in [2.24, 2.45) is 5.92 Å². The number of carbonyl (C=O) groups excluding carboxylic acids is 1. The third kappa shape index (κ3) is 3.30. The number of piperidine rings is 3. The van der Waals surface area contributed by atoms with Gasteiger partial charge < -0.3 is 21.7 Å². The maximum atomic E-state index is 12.2. The number of anilines is 2. The van der Waals surface area contributed by atoms with E-state index >= 15 is 0 Å². The Kier molecular flexibility index (Phi) is 4.22. The van der Waals surface area contributed by atoms with Crippen LogP contribution in [0.4, 0.5) is 11.6 Å². The molecule has 1 amide bonds. The molecule has 4 heterocycles. The number of guanidine groups is 1. The molecule has 10 heteroatoms. The van der Waals surface area contributed by atoms with Gasteiger partial charge in [-0.2, -0.15) is 0 Å². The first-order valence-electron chi connectivity index (χ1n) is 7.41. The quantitative estimate of drug-likeness (QED) is 0.365. The van der Waals surface area contributed by atoms with E-state index in [4.69, 9.17) is 28.5 Å². The van der Waals surface area contributed by atoms with Crippen LogP contribution in [-0.4, -0.2) is 52.4 Å². The summed E-state index contributed by atoms with van der Waals surface area (Å²) in [5, 5.41) is 13.3. The van der Waals surface area contributed by atoms with Gasteiger partial charge in [0.15, 0.2) is 28.4 Å². The summed E-state index contributed by atoms with van der Waals surface area (Å²) in [6.07, 6.45) is 2.23. The maximum absolute atomic E-state index is 12.2. The highest BCUT2D eigenvalue weighted by molar-refractivity contribution is 6.31. The second kappa shape index (κ2) is 6.17. The lowest BCUT2D eigenvalue weighted by Crippen LogP contribution is -2.59. The van der Waals surface area contributed by atoms with E-state index in [2.05, 4.69) is 25.5 Å². The highest BCUT2D eigenvalue weighted by Gasteiger charge is 2.34. The van der Waals surface area contributed by atoms with Crippen molar-refractivity contribution < 1.29 is 4.79 Å². The van der Waals surface area contributed by atoms with E-state index in [1.54, 1.807) is 0 Å². The number of hydrogen-bond acceptors (Lipinski definition) is 7. The third-order valence-electron chi connectivity index (χ3n) is 4.34. The molecule has 4 rings (SSSR count). The van der Waals surface area contributed by atoms with Crippen molar-refractivity contribution in [3.05, 3.63) is 10.8 Å². The number of nitrogens with zero attached hydrogens (tertiary/aromatic N) is 3. The molecule has 3 aliphatic rings. The molecule has 0 aromatic carbocycles. The molecule has 7 N–H and O–H groups in total. The lowest BCUT2D eigenvalue weighted by Gasteiger charge is -2.45. The normalized spacial score (nSPS) is 25.9. The summed E-state index contributed by atoms with van der Waals surface area (Å²) in [5.41, 5.74) is 11.0. The van der Waals surface area contributed by atoms with Gasteiger partial charge >= 0.3 is 0 Å². The Balaban J connectivity index is 1.62. The molecule has 3 saturated heterocycles. The monoisotopic (exact) mass is 338 g/mol. The van der Waals surface area contributed by atoms with Gasteiger partial charge in [-0.15, -0.1) is 0 Å². The molecule has 0 unspecified atom stereocenters. The Morgan fingerprint density at radius 2 is 1.96 bits per heavy atom. The van der Waals surface area contributed by atoms with E-state index < -0.39 is 5.91 Å². The molecular formula is C13H19ClN8O. The molecule has 9 nitrogen and oxygen atoms in total. The largest absolute Gasteiger partial charge is 0.382 e. The summed E-state index contributed by atoms with van der Waals surface area (Å²) in [6.45, 7) is 3.11. The Hall–Kier alpha value is -2.13. The minimum absolute atomic E-state index is 0.0406. The summed E-state index contributed by atoms with van der Waals surface area (Å²) in [6, 6.07) is 0.170. The van der Waals surface area contributed by atoms with E-state index in [1.807, 2.05) is 0 Å². The average molecular weight is 339 g/mol. The molecule has 0 radical (unpaired) electrons. The van der Waals surface area contributed by atoms with E-state index in [0.717, 1.165) is 32.5 Å². The number of fused-ring (bicyclic) bond motifs is 3. The second-order valence-electron chi connectivity index (χ2n) is 5.85. The maximum Gasteiger partial charge on any atom is 0.280 e. The Labute approximate surface area is 138 Å². The minimum atomic E-state index is -0.643. The van der Waals surface area contributed by atoms with Crippen LogP contribution in [0.15, 0.2) is 0 Å². The van der Waals surface area contributed by atoms with Gasteiger partial charge in [0.05, 0.1) is 0 Å². The van der Waals surface area contributed by atoms with Gasteiger partial charge in [-0.25, -0.2) is 9.97 Å². The zero-order valence-corrected chi connectivity index (χ0v) is 13.2. The highest BCUT2D eigenvalue weighted by Crippen LogP contribution is 2.27. The molecule has 1 aromatic rings. The van der Waals surface area contributed by atoms with Gasteiger partial charge in [0.1, 0.15) is 0 Å². The minimum Gasteiger partial charge on any atom is -0.382 e. The fourth-order valence-corrected chi connectivity index (χ4v) is 3.26. The average Bonchev–Trinajstić information content (AvgIpc) is 2.51. The summed E-state index contributed by atoms with van der Waals surface area (Å²) in [4.78, 5) is 22.1. The summed E-state index contributed by atoms with van der Waals surface area (Å²) >= 11 is 5.76. The van der Waals surface area contributed by atoms with E-state index in [9.17, 15) is 4.79 Å². The van der Waals surface area contributed by atoms with Crippen LogP contribution in [0.25, 0.3) is 0 Å². The number of halogens is 1. The van der Waals surface area contributed by atoms with Crippen LogP contribution < -0.4 is 22.1 Å². The SMILES string of the molecule is N=C(NC(=O)c1nc(Cl)c(N)nc1N)N[C@@H]1CN2CCC1CC2. The Morgan fingerprint density at radius 1 is 1.26 bits per heavy atom. The number of rotatable bonds is 2. The van der Waals surface area contributed by atoms with Crippen molar-refractivity contribution in [2.45, 2.75) is 18.9 Å². The summed E-state index contributed by atoms with van der Waals surface area (Å²) < 4.78 is 0. The Morgan fingerprint density at radius 3 is 2.57 bits per heavy atom. The number of nitrogens with one attached hydrogen (secondary N) is 3. The summed E-state index contributed by atoms with van der Waals surface area (Å²) in [5.74, 6) is -0.354. The predicted molar refractivity (Wildman–Crippen MR) is 87.1 cm³/mol. The molecular weight excluding hydrogens is 320 g/mol. The fraction of sp³-hybridized carbons (Fsp3) is 0.538. The molecule has 3 fully saturated rings. The first-order valence-corrected chi connectivity index (χ1v) is 7.79. The van der Waals surface area contributed by atoms with Crippen molar-refractivity contribution in [1.29, 1.82) is 5.41 Å². The highest BCUT2D eigenvalue weighted by atomic mass is 35.5. The van der Waals surface area contributed by atoms with Crippen LogP contribution in [0.5, 0.6) is 0 Å². The standard InChI is InChI=1S/C13H19ClN8O/c14-9-11(16)20-10(15)8(19-9)12(23)21-13(17)18-7-5-22-3-1-6(7)2-4-22/h6-7H,1-5H2,(H4,15,16,20)(H3,17,18,21,23)/t7-/m1/s1. The van der Waals surface area contributed by atoms with E-state index in [-0.39, 0.29) is 34.5 Å². The molecule has 1 atom stereocenters. The van der Waals surface area contributed by atoms with E-state index in [0.29, 0.717) is 5.92 Å². The van der Waals surface area contributed by atoms with Crippen LogP contribution in [-0.2, 0) is 0 Å². The lowest BCUT2D eigenvalue weighted by atomic mass is 9.84. The summed E-state index contributed by atoms with van der Waals surface area (Å²) in [7, 11) is 0. The van der Waals surface area contributed by atoms with Crippen molar-refractivity contribution >= 4 is 35.1 Å². The van der Waals surface area contributed by atoms with Gasteiger partial charge in [0.2, 0.25) is 0 Å². The number of hydrogen-bond donors (Lipinski definition) is 5. The van der Waals surface area contributed by atoms with Crippen LogP contribution in [0.1, 0.15) is 23.3 Å². The molecule has 2 bridgehead atoms. The molecule has 23 heavy (non-hydrogen) atoms. The smallest absolute Gasteiger partial charge is 0.280 e. The van der Waals surface area contributed by atoms with Gasteiger partial charge in [-0.1, -0.05) is 11.6 Å². The van der Waals surface area contributed by atoms with Crippen molar-refractivity contribution in [3.63, 3.8) is 0 Å². The van der Waals surface area contributed by atoms with E-state index in [1.165, 1.54) is 0 Å². The molecule has 0 spiro atoms. The molecule has 0 saturated carbocycles. The topological polar surface area (TPSA) is 146 Å². The van der Waals surface area contributed by atoms with Crippen molar-refractivity contribution in [1.82, 2.24) is 25.5 Å². The fourth-order valence-electron chi connectivity index (χ4n) is 3.13. The number of aromatic nitrogens is 2. The van der Waals surface area contributed by atoms with Gasteiger partial charge in [0, 0.05) is 12.6 Å². The Bertz CT molecular complexity index is 643. The van der Waals surface area contributed by atoms with Crippen LogP contribution in [0.2, 0.25) is 5.15 Å². The van der Waals surface area contributed by atoms with Gasteiger partial charge in [-0.05, 0) is 31.8 Å². The van der Waals surface area contributed by atoms with Crippen molar-refractivity contribution in [3.8, 4) is 0 Å². The third-order valence-corrected chi connectivity index (χ3v) is 4.62. The molecule has 1 aromatic heterocycles. The van der Waals surface area contributed by atoms with Gasteiger partial charge in [-0.3, -0.25) is 15.5 Å². The molecule has 0 aliphatic carbocycles. The van der Waals surface area contributed by atoms with Crippen LogP contribution in [0, 0.1) is 11.3 Å². The van der Waals surface area contributed by atoms with Crippen LogP contribution >= 0.6 is 11.6 Å². The number of nitrogens with two attached hydrogens (primary N) is 2. The lowest BCUT2D eigenvalue weighted by molar-refractivity contribution is 0.0802. The molecule has 124 valence electrons. The van der Waals surface area contributed by atoms with Crippen molar-refractivity contribution in [2.75, 3.05) is 31.1 Å².